The summed E-state index contributed by atoms with van der Waals surface area (Å²) < 4.78 is 0. The van der Waals surface area contributed by atoms with Crippen molar-refractivity contribution in [3.8, 4) is 0 Å². The predicted molar refractivity (Wildman–Crippen MR) is 56.2 cm³/mol. The van der Waals surface area contributed by atoms with Crippen LogP contribution in [0.25, 0.3) is 0 Å². The zero-order chi connectivity index (χ0) is 10.0. The Balaban J connectivity index is 3.11. The van der Waals surface area contributed by atoms with Crippen LogP contribution in [-0.2, 0) is 0 Å². The van der Waals surface area contributed by atoms with E-state index in [2.05, 4.69) is 13.8 Å². The predicted octanol–water partition coefficient (Wildman–Crippen LogP) is 3.52. The van der Waals surface area contributed by atoms with Crippen LogP contribution < -0.4 is 0 Å². The first kappa shape index (κ1) is 10.6. The fourth-order valence-electron chi connectivity index (χ4n) is 1.26. The minimum Gasteiger partial charge on any atom is -0.389 e. The number of aliphatic hydroxyl groups is 1. The summed E-state index contributed by atoms with van der Waals surface area (Å²) in [6.45, 7) is 5.94. The van der Waals surface area contributed by atoms with E-state index < -0.39 is 6.10 Å². The van der Waals surface area contributed by atoms with Crippen LogP contribution in [0.4, 0.5) is 0 Å². The molecule has 1 nitrogen and oxygen atoms in total. The Morgan fingerprint density at radius 1 is 1.23 bits per heavy atom. The molecule has 0 fully saturated rings. The van der Waals surface area contributed by atoms with E-state index in [-0.39, 0.29) is 0 Å². The molecule has 0 aromatic heterocycles. The number of benzene rings is 1. The molecule has 0 aliphatic carbocycles. The van der Waals surface area contributed by atoms with E-state index in [4.69, 9.17) is 11.6 Å². The van der Waals surface area contributed by atoms with Crippen LogP contribution in [0.1, 0.15) is 43.9 Å². The molecule has 1 unspecified atom stereocenters. The summed E-state index contributed by atoms with van der Waals surface area (Å²) in [5, 5.41) is 10.2. The fourth-order valence-corrected chi connectivity index (χ4v) is 1.60. The van der Waals surface area contributed by atoms with Gasteiger partial charge < -0.3 is 5.11 Å². The summed E-state index contributed by atoms with van der Waals surface area (Å²) >= 11 is 6.01. The van der Waals surface area contributed by atoms with Gasteiger partial charge in [-0.3, -0.25) is 0 Å². The van der Waals surface area contributed by atoms with Gasteiger partial charge in [-0.25, -0.2) is 0 Å². The molecule has 0 bridgehead atoms. The third-order valence-electron chi connectivity index (χ3n) is 2.12. The van der Waals surface area contributed by atoms with Crippen LogP contribution in [0.2, 0.25) is 5.02 Å². The van der Waals surface area contributed by atoms with Crippen molar-refractivity contribution in [1.82, 2.24) is 0 Å². The number of hydrogen-bond acceptors (Lipinski definition) is 1. The molecule has 0 saturated heterocycles. The van der Waals surface area contributed by atoms with Crippen LogP contribution in [0, 0.1) is 0 Å². The van der Waals surface area contributed by atoms with E-state index in [0.29, 0.717) is 5.92 Å². The maximum Gasteiger partial charge on any atom is 0.0762 e. The SMILES string of the molecule is CC(C)c1cc(C(C)O)ccc1Cl. The maximum atomic E-state index is 9.38. The summed E-state index contributed by atoms with van der Waals surface area (Å²) in [6, 6.07) is 5.68. The van der Waals surface area contributed by atoms with Gasteiger partial charge in [0.25, 0.3) is 0 Å². The van der Waals surface area contributed by atoms with Crippen LogP contribution in [-0.4, -0.2) is 5.11 Å². The minimum absolute atomic E-state index is 0.395. The van der Waals surface area contributed by atoms with E-state index >= 15 is 0 Å². The molecule has 1 rings (SSSR count). The standard InChI is InChI=1S/C11H15ClO/c1-7(2)10-6-9(8(3)13)4-5-11(10)12/h4-8,13H,1-3H3. The van der Waals surface area contributed by atoms with Crippen molar-refractivity contribution in [2.24, 2.45) is 0 Å². The van der Waals surface area contributed by atoms with Crippen LogP contribution >= 0.6 is 11.6 Å². The monoisotopic (exact) mass is 198 g/mol. The molecule has 0 saturated carbocycles. The molecular weight excluding hydrogens is 184 g/mol. The lowest BCUT2D eigenvalue weighted by Crippen LogP contribution is -1.95. The number of halogens is 1. The number of hydrogen-bond donors (Lipinski definition) is 1. The van der Waals surface area contributed by atoms with Crippen molar-refractivity contribution in [2.45, 2.75) is 32.8 Å². The topological polar surface area (TPSA) is 20.2 Å². The average molecular weight is 199 g/mol. The first-order valence-corrected chi connectivity index (χ1v) is 4.87. The molecule has 0 aliphatic heterocycles. The molecule has 0 amide bonds. The smallest absolute Gasteiger partial charge is 0.0762 e. The quantitative estimate of drug-likeness (QED) is 0.771. The third kappa shape index (κ3) is 2.45. The highest BCUT2D eigenvalue weighted by molar-refractivity contribution is 6.31. The second kappa shape index (κ2) is 4.12. The second-order valence-electron chi connectivity index (χ2n) is 3.61. The van der Waals surface area contributed by atoms with Crippen molar-refractivity contribution in [2.75, 3.05) is 0 Å². The first-order chi connectivity index (χ1) is 6.02. The van der Waals surface area contributed by atoms with Gasteiger partial charge in [-0.15, -0.1) is 0 Å². The lowest BCUT2D eigenvalue weighted by molar-refractivity contribution is 0.199. The molecule has 0 radical (unpaired) electrons. The summed E-state index contributed by atoms with van der Waals surface area (Å²) in [5.41, 5.74) is 2.02. The van der Waals surface area contributed by atoms with Crippen molar-refractivity contribution >= 4 is 11.6 Å². The highest BCUT2D eigenvalue weighted by Gasteiger charge is 2.08. The Hall–Kier alpha value is -0.530. The summed E-state index contributed by atoms with van der Waals surface area (Å²) in [6.07, 6.45) is -0.422. The fraction of sp³-hybridized carbons (Fsp3) is 0.455. The Bertz CT molecular complexity index is 292. The maximum absolute atomic E-state index is 9.38. The highest BCUT2D eigenvalue weighted by atomic mass is 35.5. The van der Waals surface area contributed by atoms with Gasteiger partial charge in [-0.05, 0) is 30.0 Å². The largest absolute Gasteiger partial charge is 0.389 e. The van der Waals surface area contributed by atoms with Gasteiger partial charge in [-0.2, -0.15) is 0 Å². The normalized spacial score (nSPS) is 13.4. The zero-order valence-corrected chi connectivity index (χ0v) is 8.97. The summed E-state index contributed by atoms with van der Waals surface area (Å²) in [4.78, 5) is 0. The average Bonchev–Trinajstić information content (AvgIpc) is 2.04. The highest BCUT2D eigenvalue weighted by Crippen LogP contribution is 2.27. The summed E-state index contributed by atoms with van der Waals surface area (Å²) in [7, 11) is 0. The second-order valence-corrected chi connectivity index (χ2v) is 4.02. The van der Waals surface area contributed by atoms with Crippen molar-refractivity contribution in [1.29, 1.82) is 0 Å². The first-order valence-electron chi connectivity index (χ1n) is 4.49. The Morgan fingerprint density at radius 3 is 2.31 bits per heavy atom. The van der Waals surface area contributed by atoms with Gasteiger partial charge >= 0.3 is 0 Å². The van der Waals surface area contributed by atoms with Gasteiger partial charge in [0, 0.05) is 5.02 Å². The van der Waals surface area contributed by atoms with Gasteiger partial charge in [0.05, 0.1) is 6.10 Å². The third-order valence-corrected chi connectivity index (χ3v) is 2.47. The van der Waals surface area contributed by atoms with Crippen LogP contribution in [0.5, 0.6) is 0 Å². The Labute approximate surface area is 84.4 Å². The van der Waals surface area contributed by atoms with Gasteiger partial charge in [0.2, 0.25) is 0 Å². The lowest BCUT2D eigenvalue weighted by atomic mass is 9.99. The molecule has 1 aromatic rings. The van der Waals surface area contributed by atoms with E-state index in [0.717, 1.165) is 16.1 Å². The molecule has 72 valence electrons. The zero-order valence-electron chi connectivity index (χ0n) is 8.21. The molecule has 1 atom stereocenters. The molecular formula is C11H15ClO. The van der Waals surface area contributed by atoms with E-state index in [1.165, 1.54) is 0 Å². The van der Waals surface area contributed by atoms with E-state index in [1.807, 2.05) is 18.2 Å². The van der Waals surface area contributed by atoms with Crippen LogP contribution in [0.3, 0.4) is 0 Å². The lowest BCUT2D eigenvalue weighted by Gasteiger charge is -2.11. The summed E-state index contributed by atoms with van der Waals surface area (Å²) in [5.74, 6) is 0.395. The van der Waals surface area contributed by atoms with Gasteiger partial charge in [-0.1, -0.05) is 37.6 Å². The molecule has 1 N–H and O–H groups in total. The molecule has 0 spiro atoms. The van der Waals surface area contributed by atoms with Crippen molar-refractivity contribution in [3.63, 3.8) is 0 Å². The van der Waals surface area contributed by atoms with E-state index in [1.54, 1.807) is 6.92 Å². The number of rotatable bonds is 2. The van der Waals surface area contributed by atoms with E-state index in [9.17, 15) is 5.11 Å². The number of aliphatic hydroxyl groups excluding tert-OH is 1. The van der Waals surface area contributed by atoms with Crippen molar-refractivity contribution in [3.05, 3.63) is 34.3 Å². The molecule has 0 heterocycles. The van der Waals surface area contributed by atoms with Crippen LogP contribution in [0.15, 0.2) is 18.2 Å². The minimum atomic E-state index is -0.422. The molecule has 0 aliphatic rings. The molecule has 13 heavy (non-hydrogen) atoms. The Kier molecular flexibility index (Phi) is 3.34. The molecule has 2 heteroatoms. The Morgan fingerprint density at radius 2 is 1.85 bits per heavy atom. The van der Waals surface area contributed by atoms with Gasteiger partial charge in [0.15, 0.2) is 0 Å². The molecule has 1 aromatic carbocycles. The van der Waals surface area contributed by atoms with Crippen molar-refractivity contribution < 1.29 is 5.11 Å². The van der Waals surface area contributed by atoms with Gasteiger partial charge in [0.1, 0.15) is 0 Å².